The number of aromatic nitrogens is 1. The summed E-state index contributed by atoms with van der Waals surface area (Å²) in [6.45, 7) is 2.17. The highest BCUT2D eigenvalue weighted by molar-refractivity contribution is 14.0. The zero-order valence-corrected chi connectivity index (χ0v) is 18.6. The van der Waals surface area contributed by atoms with E-state index in [4.69, 9.17) is 4.42 Å². The Bertz CT molecular complexity index is 943. The van der Waals surface area contributed by atoms with Crippen LogP contribution in [0.4, 0.5) is 10.2 Å². The van der Waals surface area contributed by atoms with Crippen molar-refractivity contribution in [3.8, 4) is 0 Å². The molecule has 3 heterocycles. The molecule has 0 bridgehead atoms. The van der Waals surface area contributed by atoms with Gasteiger partial charge in [-0.2, -0.15) is 0 Å². The molecule has 154 valence electrons. The Balaban J connectivity index is 0.00000240. The molecule has 1 fully saturated rings. The molecule has 0 radical (unpaired) electrons. The first kappa shape index (κ1) is 21.4. The number of anilines is 1. The third kappa shape index (κ3) is 5.17. The molecule has 1 aromatic carbocycles. The van der Waals surface area contributed by atoms with Crippen molar-refractivity contribution in [1.82, 2.24) is 15.6 Å². The van der Waals surface area contributed by atoms with Crippen molar-refractivity contribution in [1.29, 1.82) is 0 Å². The number of nitrogens with zero attached hydrogens (tertiary/aromatic N) is 3. The predicted molar refractivity (Wildman–Crippen MR) is 125 cm³/mol. The van der Waals surface area contributed by atoms with Gasteiger partial charge in [0.05, 0.1) is 0 Å². The summed E-state index contributed by atoms with van der Waals surface area (Å²) in [4.78, 5) is 10.4. The number of rotatable bonds is 5. The number of benzene rings is 1. The van der Waals surface area contributed by atoms with E-state index < -0.39 is 0 Å². The number of hydrogen-bond acceptors (Lipinski definition) is 4. The Labute approximate surface area is 186 Å². The third-order valence-corrected chi connectivity index (χ3v) is 4.93. The van der Waals surface area contributed by atoms with Gasteiger partial charge in [-0.15, -0.1) is 24.0 Å². The molecular formula is C21H25FIN5O. The average Bonchev–Trinajstić information content (AvgIpc) is 3.34. The Hall–Kier alpha value is -2.36. The quantitative estimate of drug-likeness (QED) is 0.313. The first-order chi connectivity index (χ1) is 13.7. The van der Waals surface area contributed by atoms with E-state index in [1.165, 1.54) is 6.07 Å². The molecular weight excluding hydrogens is 484 g/mol. The second-order valence-electron chi connectivity index (χ2n) is 6.88. The SMILES string of the molecule is CN=C(NCCc1cc2ccccc2o1)NC1CCN(c2ncccc2F)C1.I. The zero-order chi connectivity index (χ0) is 19.3. The van der Waals surface area contributed by atoms with Gasteiger partial charge < -0.3 is 20.0 Å². The van der Waals surface area contributed by atoms with E-state index >= 15 is 0 Å². The van der Waals surface area contributed by atoms with Crippen LogP contribution >= 0.6 is 24.0 Å². The van der Waals surface area contributed by atoms with Gasteiger partial charge in [-0.1, -0.05) is 18.2 Å². The summed E-state index contributed by atoms with van der Waals surface area (Å²) in [5.74, 6) is 1.82. The van der Waals surface area contributed by atoms with E-state index in [9.17, 15) is 4.39 Å². The molecule has 0 spiro atoms. The average molecular weight is 509 g/mol. The highest BCUT2D eigenvalue weighted by Gasteiger charge is 2.25. The van der Waals surface area contributed by atoms with Crippen LogP contribution in [0.3, 0.4) is 0 Å². The van der Waals surface area contributed by atoms with Crippen molar-refractivity contribution in [2.75, 3.05) is 31.6 Å². The minimum atomic E-state index is -0.281. The highest BCUT2D eigenvalue weighted by Crippen LogP contribution is 2.21. The van der Waals surface area contributed by atoms with E-state index in [0.29, 0.717) is 18.9 Å². The van der Waals surface area contributed by atoms with Crippen LogP contribution in [0.15, 0.2) is 58.1 Å². The van der Waals surface area contributed by atoms with Crippen molar-refractivity contribution in [3.05, 3.63) is 60.2 Å². The molecule has 2 aromatic heterocycles. The van der Waals surface area contributed by atoms with Gasteiger partial charge in [0, 0.05) is 50.7 Å². The van der Waals surface area contributed by atoms with E-state index in [0.717, 1.165) is 42.1 Å². The van der Waals surface area contributed by atoms with E-state index in [1.807, 2.05) is 29.2 Å². The van der Waals surface area contributed by atoms with Crippen molar-refractivity contribution in [3.63, 3.8) is 0 Å². The number of halogens is 2. The van der Waals surface area contributed by atoms with Gasteiger partial charge in [0.2, 0.25) is 0 Å². The van der Waals surface area contributed by atoms with Gasteiger partial charge in [0.1, 0.15) is 11.3 Å². The van der Waals surface area contributed by atoms with Gasteiger partial charge in [-0.05, 0) is 30.7 Å². The fraction of sp³-hybridized carbons (Fsp3) is 0.333. The first-order valence-corrected chi connectivity index (χ1v) is 9.53. The maximum Gasteiger partial charge on any atom is 0.191 e. The largest absolute Gasteiger partial charge is 0.461 e. The van der Waals surface area contributed by atoms with Crippen LogP contribution in [-0.4, -0.2) is 43.7 Å². The summed E-state index contributed by atoms with van der Waals surface area (Å²) >= 11 is 0. The van der Waals surface area contributed by atoms with Gasteiger partial charge >= 0.3 is 0 Å². The van der Waals surface area contributed by atoms with Gasteiger partial charge in [-0.3, -0.25) is 4.99 Å². The lowest BCUT2D eigenvalue weighted by Gasteiger charge is -2.19. The number of para-hydroxylation sites is 1. The number of aliphatic imine (C=N–C) groups is 1. The number of pyridine rings is 1. The molecule has 6 nitrogen and oxygen atoms in total. The number of nitrogens with one attached hydrogen (secondary N) is 2. The molecule has 3 aromatic rings. The van der Waals surface area contributed by atoms with Crippen LogP contribution in [0.5, 0.6) is 0 Å². The summed E-state index contributed by atoms with van der Waals surface area (Å²) in [6.07, 6.45) is 3.29. The lowest BCUT2D eigenvalue weighted by molar-refractivity contribution is 0.543. The van der Waals surface area contributed by atoms with Crippen molar-refractivity contribution in [2.24, 2.45) is 4.99 Å². The Morgan fingerprint density at radius 3 is 2.97 bits per heavy atom. The topological polar surface area (TPSA) is 65.7 Å². The molecule has 0 saturated carbocycles. The third-order valence-electron chi connectivity index (χ3n) is 4.93. The Kier molecular flexibility index (Phi) is 7.29. The summed E-state index contributed by atoms with van der Waals surface area (Å²) in [6, 6.07) is 13.3. The normalized spacial score (nSPS) is 16.7. The van der Waals surface area contributed by atoms with Gasteiger partial charge in [-0.25, -0.2) is 9.37 Å². The zero-order valence-electron chi connectivity index (χ0n) is 16.3. The van der Waals surface area contributed by atoms with Crippen molar-refractivity contribution >= 4 is 46.7 Å². The van der Waals surface area contributed by atoms with Crippen LogP contribution in [0.1, 0.15) is 12.2 Å². The molecule has 1 unspecified atom stereocenters. The molecule has 1 atom stereocenters. The number of hydrogen-bond donors (Lipinski definition) is 2. The van der Waals surface area contributed by atoms with Crippen molar-refractivity contribution in [2.45, 2.75) is 18.9 Å². The Morgan fingerprint density at radius 2 is 2.17 bits per heavy atom. The van der Waals surface area contributed by atoms with Crippen LogP contribution in [0.25, 0.3) is 11.0 Å². The maximum absolute atomic E-state index is 13.9. The van der Waals surface area contributed by atoms with E-state index in [-0.39, 0.29) is 35.8 Å². The number of fused-ring (bicyclic) bond motifs is 1. The minimum absolute atomic E-state index is 0. The van der Waals surface area contributed by atoms with Crippen molar-refractivity contribution < 1.29 is 8.81 Å². The molecule has 4 rings (SSSR count). The fourth-order valence-corrected chi connectivity index (χ4v) is 3.53. The lowest BCUT2D eigenvalue weighted by atomic mass is 10.2. The molecule has 0 aliphatic carbocycles. The minimum Gasteiger partial charge on any atom is -0.461 e. The van der Waals surface area contributed by atoms with Gasteiger partial charge in [0.25, 0.3) is 0 Å². The van der Waals surface area contributed by atoms with Crippen LogP contribution < -0.4 is 15.5 Å². The highest BCUT2D eigenvalue weighted by atomic mass is 127. The molecule has 0 amide bonds. The second kappa shape index (κ2) is 9.91. The van der Waals surface area contributed by atoms with Gasteiger partial charge in [0.15, 0.2) is 17.6 Å². The molecule has 8 heteroatoms. The van der Waals surface area contributed by atoms with Crippen LogP contribution in [0.2, 0.25) is 0 Å². The first-order valence-electron chi connectivity index (χ1n) is 9.53. The molecule has 1 saturated heterocycles. The lowest BCUT2D eigenvalue weighted by Crippen LogP contribution is -2.45. The summed E-state index contributed by atoms with van der Waals surface area (Å²) in [5, 5.41) is 7.86. The molecule has 2 N–H and O–H groups in total. The molecule has 29 heavy (non-hydrogen) atoms. The summed E-state index contributed by atoms with van der Waals surface area (Å²) in [7, 11) is 1.75. The fourth-order valence-electron chi connectivity index (χ4n) is 3.53. The monoisotopic (exact) mass is 509 g/mol. The summed E-state index contributed by atoms with van der Waals surface area (Å²) in [5.41, 5.74) is 0.910. The standard InChI is InChI=1S/C21H24FN5O.HI/c1-23-21(25-11-8-17-13-15-5-2-3-7-19(15)28-17)26-16-9-12-27(14-16)20-18(22)6-4-10-24-20;/h2-7,10,13,16H,8-9,11-12,14H2,1H3,(H2,23,25,26);1H. The predicted octanol–water partition coefficient (Wildman–Crippen LogP) is 3.57. The van der Waals surface area contributed by atoms with Crippen LogP contribution in [0, 0.1) is 5.82 Å². The number of guanidine groups is 1. The maximum atomic E-state index is 13.9. The van der Waals surface area contributed by atoms with Crippen LogP contribution in [-0.2, 0) is 6.42 Å². The molecule has 1 aliphatic rings. The summed E-state index contributed by atoms with van der Waals surface area (Å²) < 4.78 is 19.8. The molecule has 1 aliphatic heterocycles. The Morgan fingerprint density at radius 1 is 1.31 bits per heavy atom. The van der Waals surface area contributed by atoms with E-state index in [1.54, 1.807) is 19.3 Å². The number of furan rings is 1. The smallest absolute Gasteiger partial charge is 0.191 e. The van der Waals surface area contributed by atoms with E-state index in [2.05, 4.69) is 26.7 Å². The second-order valence-corrected chi connectivity index (χ2v) is 6.88.